The Balaban J connectivity index is 1.92. The van der Waals surface area contributed by atoms with E-state index in [1.54, 1.807) is 18.2 Å². The largest absolute Gasteiger partial charge is 0.395 e. The van der Waals surface area contributed by atoms with Gasteiger partial charge in [-0.3, -0.25) is 4.79 Å². The molecule has 3 atom stereocenters. The van der Waals surface area contributed by atoms with Crippen molar-refractivity contribution in [3.8, 4) is 0 Å². The van der Waals surface area contributed by atoms with Crippen LogP contribution in [0.5, 0.6) is 0 Å². The van der Waals surface area contributed by atoms with Crippen LogP contribution < -0.4 is 11.1 Å². The van der Waals surface area contributed by atoms with Crippen molar-refractivity contribution in [2.45, 2.75) is 43.7 Å². The minimum absolute atomic E-state index is 0.0470. The number of hydrogen-bond acceptors (Lipinski definition) is 5. The SMILES string of the molecule is [N-]=[N+]=N[C@@H](C(=O)Nc1cccc(F)c1CCC(N)CO)[C@@H](c1ccc(Cl)cc1)C1CCOCC1. The van der Waals surface area contributed by atoms with Gasteiger partial charge in [-0.2, -0.15) is 0 Å². The number of halogens is 2. The van der Waals surface area contributed by atoms with Gasteiger partial charge in [0.05, 0.1) is 6.61 Å². The van der Waals surface area contributed by atoms with Crippen molar-refractivity contribution in [1.29, 1.82) is 0 Å². The number of benzene rings is 2. The van der Waals surface area contributed by atoms with E-state index in [1.165, 1.54) is 12.1 Å². The lowest BCUT2D eigenvalue weighted by molar-refractivity contribution is -0.118. The molecular weight excluding hydrogens is 461 g/mol. The highest BCUT2D eigenvalue weighted by Crippen LogP contribution is 2.37. The number of aliphatic hydroxyl groups is 1. The molecule has 0 aromatic heterocycles. The van der Waals surface area contributed by atoms with Gasteiger partial charge in [-0.1, -0.05) is 34.9 Å². The molecule has 2 aromatic rings. The average molecular weight is 490 g/mol. The summed E-state index contributed by atoms with van der Waals surface area (Å²) < 4.78 is 20.1. The number of nitrogens with two attached hydrogens (primary N) is 1. The molecule has 1 amide bonds. The number of nitrogens with one attached hydrogen (secondary N) is 1. The second-order valence-corrected chi connectivity index (χ2v) is 8.85. The molecule has 2 aromatic carbocycles. The van der Waals surface area contributed by atoms with Gasteiger partial charge in [0.1, 0.15) is 11.9 Å². The molecule has 1 aliphatic heterocycles. The Morgan fingerprint density at radius 2 is 2.00 bits per heavy atom. The van der Waals surface area contributed by atoms with Crippen LogP contribution in [0.15, 0.2) is 47.6 Å². The summed E-state index contributed by atoms with van der Waals surface area (Å²) in [6.45, 7) is 0.889. The van der Waals surface area contributed by atoms with Gasteiger partial charge in [-0.05, 0) is 67.0 Å². The predicted molar refractivity (Wildman–Crippen MR) is 129 cm³/mol. The van der Waals surface area contributed by atoms with Gasteiger partial charge in [0.2, 0.25) is 5.91 Å². The Morgan fingerprint density at radius 3 is 2.65 bits per heavy atom. The first kappa shape index (κ1) is 25.9. The molecule has 10 heteroatoms. The average Bonchev–Trinajstić information content (AvgIpc) is 2.85. The summed E-state index contributed by atoms with van der Waals surface area (Å²) in [6.07, 6.45) is 2.00. The van der Waals surface area contributed by atoms with Gasteiger partial charge in [0.15, 0.2) is 0 Å². The lowest BCUT2D eigenvalue weighted by atomic mass is 9.76. The Morgan fingerprint density at radius 1 is 1.29 bits per heavy atom. The van der Waals surface area contributed by atoms with Crippen molar-refractivity contribution >= 4 is 23.2 Å². The number of anilines is 1. The van der Waals surface area contributed by atoms with Gasteiger partial charge < -0.3 is 20.9 Å². The number of carbonyl (C=O) groups excluding carboxylic acids is 1. The molecule has 1 heterocycles. The van der Waals surface area contributed by atoms with E-state index in [4.69, 9.17) is 22.1 Å². The van der Waals surface area contributed by atoms with E-state index >= 15 is 0 Å². The molecule has 0 aliphatic carbocycles. The molecule has 1 unspecified atom stereocenters. The number of hydrogen-bond donors (Lipinski definition) is 3. The molecular formula is C24H29ClFN5O3. The molecule has 0 bridgehead atoms. The molecule has 0 saturated carbocycles. The summed E-state index contributed by atoms with van der Waals surface area (Å²) in [5.74, 6) is -1.37. The molecule has 1 saturated heterocycles. The summed E-state index contributed by atoms with van der Waals surface area (Å²) in [4.78, 5) is 16.4. The van der Waals surface area contributed by atoms with Gasteiger partial charge in [-0.25, -0.2) is 4.39 Å². The van der Waals surface area contributed by atoms with Crippen LogP contribution in [0, 0.1) is 11.7 Å². The van der Waals surface area contributed by atoms with Gasteiger partial charge in [0, 0.05) is 46.4 Å². The van der Waals surface area contributed by atoms with Crippen LogP contribution in [-0.4, -0.2) is 42.9 Å². The highest BCUT2D eigenvalue weighted by Gasteiger charge is 2.36. The van der Waals surface area contributed by atoms with E-state index in [1.807, 2.05) is 12.1 Å². The normalized spacial score (nSPS) is 16.8. The van der Waals surface area contributed by atoms with E-state index in [0.717, 1.165) is 5.56 Å². The number of aliphatic hydroxyl groups excluding tert-OH is 1. The highest BCUT2D eigenvalue weighted by molar-refractivity contribution is 6.30. The van der Waals surface area contributed by atoms with Crippen LogP contribution in [0.2, 0.25) is 5.02 Å². The van der Waals surface area contributed by atoms with E-state index in [-0.39, 0.29) is 30.2 Å². The first-order valence-corrected chi connectivity index (χ1v) is 11.6. The zero-order valence-electron chi connectivity index (χ0n) is 18.7. The maximum absolute atomic E-state index is 14.6. The van der Waals surface area contributed by atoms with Crippen molar-refractivity contribution in [2.24, 2.45) is 16.8 Å². The molecule has 34 heavy (non-hydrogen) atoms. The van der Waals surface area contributed by atoms with Crippen molar-refractivity contribution in [3.05, 3.63) is 74.9 Å². The van der Waals surface area contributed by atoms with Crippen molar-refractivity contribution in [3.63, 3.8) is 0 Å². The smallest absolute Gasteiger partial charge is 0.234 e. The number of ether oxygens (including phenoxy) is 1. The Hall–Kier alpha value is -2.68. The summed E-state index contributed by atoms with van der Waals surface area (Å²) in [5.41, 5.74) is 16.5. The van der Waals surface area contributed by atoms with Crippen molar-refractivity contribution < 1.29 is 19.0 Å². The van der Waals surface area contributed by atoms with E-state index in [0.29, 0.717) is 37.5 Å². The van der Waals surface area contributed by atoms with E-state index in [2.05, 4.69) is 15.3 Å². The molecule has 1 fully saturated rings. The molecule has 3 rings (SSSR count). The molecule has 0 spiro atoms. The first-order valence-electron chi connectivity index (χ1n) is 11.3. The predicted octanol–water partition coefficient (Wildman–Crippen LogP) is 4.56. The second-order valence-electron chi connectivity index (χ2n) is 8.41. The summed E-state index contributed by atoms with van der Waals surface area (Å²) >= 11 is 6.07. The van der Waals surface area contributed by atoms with Crippen molar-refractivity contribution in [2.75, 3.05) is 25.1 Å². The van der Waals surface area contributed by atoms with Crippen LogP contribution in [0.25, 0.3) is 10.4 Å². The molecule has 182 valence electrons. The van der Waals surface area contributed by atoms with Crippen LogP contribution in [0.4, 0.5) is 10.1 Å². The van der Waals surface area contributed by atoms with Crippen LogP contribution in [0.1, 0.15) is 36.3 Å². The fourth-order valence-corrected chi connectivity index (χ4v) is 4.50. The summed E-state index contributed by atoms with van der Waals surface area (Å²) in [7, 11) is 0. The van der Waals surface area contributed by atoms with E-state index in [9.17, 15) is 19.8 Å². The molecule has 0 radical (unpaired) electrons. The number of nitrogens with zero attached hydrogens (tertiary/aromatic N) is 3. The molecule has 4 N–H and O–H groups in total. The minimum atomic E-state index is -1.06. The number of azide groups is 1. The lowest BCUT2D eigenvalue weighted by Gasteiger charge is -2.34. The Bertz CT molecular complexity index is 1010. The number of rotatable bonds is 10. The van der Waals surface area contributed by atoms with Crippen LogP contribution in [0.3, 0.4) is 0 Å². The summed E-state index contributed by atoms with van der Waals surface area (Å²) in [6, 6.07) is 9.98. The third-order valence-corrected chi connectivity index (χ3v) is 6.44. The maximum atomic E-state index is 14.6. The number of amides is 1. The number of carbonyl (C=O) groups is 1. The topological polar surface area (TPSA) is 133 Å². The Labute approximate surface area is 202 Å². The first-order chi connectivity index (χ1) is 16.4. The third-order valence-electron chi connectivity index (χ3n) is 6.19. The standard InChI is InChI=1S/C24H29ClFN5O3/c25-17-6-4-15(5-7-17)22(16-10-12-34-13-11-16)23(30-31-28)24(33)29-21-3-1-2-20(26)19(21)9-8-18(27)14-32/h1-7,16,18,22-23,32H,8-14,27H2,(H,29,33)/t18?,22-,23+/m0/s1. The fourth-order valence-electron chi connectivity index (χ4n) is 4.37. The minimum Gasteiger partial charge on any atom is -0.395 e. The van der Waals surface area contributed by atoms with Gasteiger partial charge in [-0.15, -0.1) is 0 Å². The zero-order valence-corrected chi connectivity index (χ0v) is 19.5. The third kappa shape index (κ3) is 6.68. The highest BCUT2D eigenvalue weighted by atomic mass is 35.5. The van der Waals surface area contributed by atoms with E-state index < -0.39 is 29.7 Å². The fraction of sp³-hybridized carbons (Fsp3) is 0.458. The van der Waals surface area contributed by atoms with Gasteiger partial charge in [0.25, 0.3) is 0 Å². The molecule has 1 aliphatic rings. The van der Waals surface area contributed by atoms with Crippen LogP contribution in [-0.2, 0) is 16.0 Å². The second kappa shape index (κ2) is 12.7. The lowest BCUT2D eigenvalue weighted by Crippen LogP contribution is -2.37. The zero-order chi connectivity index (χ0) is 24.5. The summed E-state index contributed by atoms with van der Waals surface area (Å²) in [5, 5.41) is 16.4. The maximum Gasteiger partial charge on any atom is 0.234 e. The molecule has 8 nitrogen and oxygen atoms in total. The van der Waals surface area contributed by atoms with Gasteiger partial charge >= 0.3 is 0 Å². The van der Waals surface area contributed by atoms with Crippen LogP contribution >= 0.6 is 11.6 Å². The Kier molecular flexibility index (Phi) is 9.68. The van der Waals surface area contributed by atoms with Crippen molar-refractivity contribution in [1.82, 2.24) is 0 Å². The monoisotopic (exact) mass is 489 g/mol. The quantitative estimate of drug-likeness (QED) is 0.256.